The number of likely N-dealkylation sites (tertiary alicyclic amines) is 1. The topological polar surface area (TPSA) is 91.0 Å². The van der Waals surface area contributed by atoms with Gasteiger partial charge in [0.1, 0.15) is 5.69 Å². The maximum Gasteiger partial charge on any atom is 0.270 e. The van der Waals surface area contributed by atoms with Crippen molar-refractivity contribution in [2.75, 3.05) is 24.2 Å². The second kappa shape index (κ2) is 9.20. The first-order valence-corrected chi connectivity index (χ1v) is 11.7. The van der Waals surface area contributed by atoms with Gasteiger partial charge in [-0.3, -0.25) is 9.59 Å². The number of anilines is 2. The van der Waals surface area contributed by atoms with Crippen molar-refractivity contribution < 1.29 is 9.59 Å². The molecule has 4 rings (SSSR count). The Morgan fingerprint density at radius 2 is 2.10 bits per heavy atom. The summed E-state index contributed by atoms with van der Waals surface area (Å²) < 4.78 is 0.689. The Bertz CT molecular complexity index is 1070. The zero-order valence-electron chi connectivity index (χ0n) is 16.3. The van der Waals surface area contributed by atoms with Gasteiger partial charge in [0.05, 0.1) is 5.75 Å². The number of halogens is 1. The number of carbonyl (C=O) groups excluding carboxylic acids is 2. The Balaban J connectivity index is 1.33. The first-order valence-electron chi connectivity index (χ1n) is 9.50. The first kappa shape index (κ1) is 20.9. The summed E-state index contributed by atoms with van der Waals surface area (Å²) in [4.78, 5) is 29.7. The van der Waals surface area contributed by atoms with E-state index in [0.717, 1.165) is 37.2 Å². The third-order valence-corrected chi connectivity index (χ3v) is 7.25. The molecule has 156 valence electrons. The van der Waals surface area contributed by atoms with Gasteiger partial charge in [0, 0.05) is 35.6 Å². The smallest absolute Gasteiger partial charge is 0.270 e. The molecular weight excluding hydrogens is 442 g/mol. The van der Waals surface area contributed by atoms with Crippen molar-refractivity contribution in [3.05, 3.63) is 52.3 Å². The van der Waals surface area contributed by atoms with Gasteiger partial charge in [0.15, 0.2) is 10.1 Å². The molecule has 1 aliphatic rings. The minimum atomic E-state index is -0.0629. The Hall–Kier alpha value is -2.36. The van der Waals surface area contributed by atoms with Crippen LogP contribution in [-0.2, 0) is 0 Å². The third kappa shape index (κ3) is 4.69. The highest BCUT2D eigenvalue weighted by molar-refractivity contribution is 8.01. The molecule has 0 spiro atoms. The summed E-state index contributed by atoms with van der Waals surface area (Å²) >= 11 is 8.84. The van der Waals surface area contributed by atoms with Crippen molar-refractivity contribution >= 4 is 57.2 Å². The second-order valence-electron chi connectivity index (χ2n) is 6.92. The van der Waals surface area contributed by atoms with Gasteiger partial charge in [-0.1, -0.05) is 40.8 Å². The summed E-state index contributed by atoms with van der Waals surface area (Å²) in [7, 11) is 0. The highest BCUT2D eigenvalue weighted by Gasteiger charge is 2.22. The number of Topliss-reactive ketones (excluding diaryl/α,β-unsaturated/α-hetero) is 1. The molecule has 1 aromatic carbocycles. The fourth-order valence-electron chi connectivity index (χ4n) is 3.16. The van der Waals surface area contributed by atoms with Crippen LogP contribution in [0.3, 0.4) is 0 Å². The van der Waals surface area contributed by atoms with E-state index in [1.54, 1.807) is 12.3 Å². The number of ketones is 1. The number of amides is 1. The average Bonchev–Trinajstić information content (AvgIpc) is 3.51. The molecule has 0 radical (unpaired) electrons. The fraction of sp³-hybridized carbons (Fsp3) is 0.300. The molecule has 3 aromatic rings. The molecule has 1 saturated heterocycles. The van der Waals surface area contributed by atoms with Crippen LogP contribution in [0.1, 0.15) is 39.3 Å². The predicted octanol–water partition coefficient (Wildman–Crippen LogP) is 4.78. The van der Waals surface area contributed by atoms with Crippen molar-refractivity contribution in [3.8, 4) is 0 Å². The molecule has 1 fully saturated rings. The number of nitrogens with one attached hydrogen (secondary N) is 2. The molecule has 1 aliphatic heterocycles. The molecule has 0 bridgehead atoms. The molecule has 3 heterocycles. The van der Waals surface area contributed by atoms with Gasteiger partial charge in [-0.05, 0) is 43.5 Å². The Labute approximate surface area is 187 Å². The maximum atomic E-state index is 12.5. The van der Waals surface area contributed by atoms with E-state index in [1.165, 1.54) is 23.1 Å². The van der Waals surface area contributed by atoms with E-state index in [-0.39, 0.29) is 17.4 Å². The number of thioether (sulfide) groups is 1. The number of aromatic nitrogens is 3. The molecule has 0 unspecified atom stereocenters. The largest absolute Gasteiger partial charge is 0.356 e. The first-order chi connectivity index (χ1) is 14.5. The van der Waals surface area contributed by atoms with Gasteiger partial charge in [0.2, 0.25) is 5.13 Å². The maximum absolute atomic E-state index is 12.5. The summed E-state index contributed by atoms with van der Waals surface area (Å²) in [6, 6.07) is 7.26. The van der Waals surface area contributed by atoms with Gasteiger partial charge >= 0.3 is 0 Å². The van der Waals surface area contributed by atoms with E-state index in [2.05, 4.69) is 20.5 Å². The molecule has 0 aliphatic carbocycles. The Kier molecular flexibility index (Phi) is 6.40. The van der Waals surface area contributed by atoms with Crippen molar-refractivity contribution in [2.24, 2.45) is 0 Å². The number of nitrogens with zero attached hydrogens (tertiary/aromatic N) is 3. The van der Waals surface area contributed by atoms with E-state index in [1.807, 2.05) is 30.0 Å². The van der Waals surface area contributed by atoms with Crippen LogP contribution in [-0.4, -0.2) is 50.6 Å². The second-order valence-corrected chi connectivity index (χ2v) is 9.53. The number of benzene rings is 1. The number of aromatic amines is 1. The summed E-state index contributed by atoms with van der Waals surface area (Å²) in [6.07, 6.45) is 3.66. The summed E-state index contributed by atoms with van der Waals surface area (Å²) in [5.41, 5.74) is 2.77. The lowest BCUT2D eigenvalue weighted by Gasteiger charge is -2.13. The molecule has 10 heteroatoms. The summed E-state index contributed by atoms with van der Waals surface area (Å²) in [5.74, 6) is 0.113. The normalized spacial score (nSPS) is 13.6. The Morgan fingerprint density at radius 1 is 1.30 bits per heavy atom. The fourth-order valence-corrected chi connectivity index (χ4v) is 4.99. The zero-order chi connectivity index (χ0) is 21.1. The molecule has 2 aromatic heterocycles. The molecule has 0 saturated carbocycles. The quantitative estimate of drug-likeness (QED) is 0.388. The van der Waals surface area contributed by atoms with Crippen LogP contribution in [0.5, 0.6) is 0 Å². The Morgan fingerprint density at radius 3 is 2.90 bits per heavy atom. The van der Waals surface area contributed by atoms with Gasteiger partial charge in [-0.25, -0.2) is 0 Å². The third-order valence-electron chi connectivity index (χ3n) is 4.87. The molecule has 30 heavy (non-hydrogen) atoms. The molecule has 1 amide bonds. The monoisotopic (exact) mass is 461 g/mol. The van der Waals surface area contributed by atoms with Gasteiger partial charge < -0.3 is 15.2 Å². The predicted molar refractivity (Wildman–Crippen MR) is 120 cm³/mol. The summed E-state index contributed by atoms with van der Waals surface area (Å²) in [6.45, 7) is 3.48. The van der Waals surface area contributed by atoms with Crippen molar-refractivity contribution in [1.29, 1.82) is 0 Å². The molecule has 2 N–H and O–H groups in total. The van der Waals surface area contributed by atoms with Crippen molar-refractivity contribution in [3.63, 3.8) is 0 Å². The minimum Gasteiger partial charge on any atom is -0.356 e. The molecule has 7 nitrogen and oxygen atoms in total. The zero-order valence-corrected chi connectivity index (χ0v) is 18.7. The van der Waals surface area contributed by atoms with Crippen LogP contribution >= 0.6 is 34.7 Å². The molecular formula is C20H20ClN5O2S2. The van der Waals surface area contributed by atoms with E-state index < -0.39 is 0 Å². The highest BCUT2D eigenvalue weighted by atomic mass is 35.5. The van der Waals surface area contributed by atoms with Crippen LogP contribution in [0.15, 0.2) is 34.8 Å². The SMILES string of the molecule is Cc1c(Cl)cccc1Nc1nnc(SCC(=O)c2c[nH]c(C(=O)N3CCCC3)c2)s1. The lowest BCUT2D eigenvalue weighted by molar-refractivity contribution is 0.0787. The van der Waals surface area contributed by atoms with Crippen LogP contribution in [0.4, 0.5) is 10.8 Å². The average molecular weight is 462 g/mol. The van der Waals surface area contributed by atoms with Gasteiger partial charge in [0.25, 0.3) is 5.91 Å². The van der Waals surface area contributed by atoms with Gasteiger partial charge in [-0.2, -0.15) is 0 Å². The number of hydrogen-bond donors (Lipinski definition) is 2. The number of rotatable bonds is 7. The van der Waals surface area contributed by atoms with Crippen LogP contribution in [0, 0.1) is 6.92 Å². The van der Waals surface area contributed by atoms with Crippen LogP contribution < -0.4 is 5.32 Å². The van der Waals surface area contributed by atoms with Crippen LogP contribution in [0.2, 0.25) is 5.02 Å². The van der Waals surface area contributed by atoms with Gasteiger partial charge in [-0.15, -0.1) is 10.2 Å². The van der Waals surface area contributed by atoms with E-state index in [4.69, 9.17) is 11.6 Å². The minimum absolute atomic E-state index is 0.0460. The van der Waals surface area contributed by atoms with E-state index in [9.17, 15) is 9.59 Å². The lowest BCUT2D eigenvalue weighted by atomic mass is 10.2. The summed E-state index contributed by atoms with van der Waals surface area (Å²) in [5, 5.41) is 12.8. The number of H-pyrrole nitrogens is 1. The number of carbonyl (C=O) groups is 2. The van der Waals surface area contributed by atoms with E-state index >= 15 is 0 Å². The van der Waals surface area contributed by atoms with E-state index in [0.29, 0.717) is 25.8 Å². The van der Waals surface area contributed by atoms with Crippen molar-refractivity contribution in [2.45, 2.75) is 24.1 Å². The standard InChI is InChI=1S/C20H20ClN5O2S2/c1-12-14(21)5-4-6-15(12)23-19-24-25-20(30-19)29-11-17(27)13-9-16(22-10-13)18(28)26-7-2-3-8-26/h4-6,9-10,22H,2-3,7-8,11H2,1H3,(H,23,24). The number of hydrogen-bond acceptors (Lipinski definition) is 7. The lowest BCUT2D eigenvalue weighted by Crippen LogP contribution is -2.27. The van der Waals surface area contributed by atoms with Crippen LogP contribution in [0.25, 0.3) is 0 Å². The van der Waals surface area contributed by atoms with Crippen molar-refractivity contribution in [1.82, 2.24) is 20.1 Å². The highest BCUT2D eigenvalue weighted by Crippen LogP contribution is 2.31. The molecule has 0 atom stereocenters.